The third kappa shape index (κ3) is 2.04. The van der Waals surface area contributed by atoms with Gasteiger partial charge in [-0.15, -0.1) is 0 Å². The van der Waals surface area contributed by atoms with E-state index in [1.807, 2.05) is 18.2 Å². The monoisotopic (exact) mass is 213 g/mol. The molecule has 0 saturated carbocycles. The zero-order valence-corrected chi connectivity index (χ0v) is 7.93. The van der Waals surface area contributed by atoms with E-state index in [0.29, 0.717) is 0 Å². The lowest BCUT2D eigenvalue weighted by molar-refractivity contribution is 0.414. The number of hydrogen-bond acceptors (Lipinski definition) is 1. The summed E-state index contributed by atoms with van der Waals surface area (Å²) in [4.78, 5) is 0. The normalized spacial score (nSPS) is 10.1. The van der Waals surface area contributed by atoms with E-state index in [-0.39, 0.29) is 0 Å². The van der Waals surface area contributed by atoms with Crippen LogP contribution in [0.15, 0.2) is 22.7 Å². The van der Waals surface area contributed by atoms with Gasteiger partial charge < -0.3 is 5.11 Å². The Morgan fingerprint density at radius 3 is 2.82 bits per heavy atom. The molecule has 0 atom stereocenters. The molecule has 0 aromatic heterocycles. The van der Waals surface area contributed by atoms with E-state index in [4.69, 9.17) is 5.11 Å². The summed E-state index contributed by atoms with van der Waals surface area (Å²) in [6.07, 6.45) is 0.944. The molecule has 11 heavy (non-hydrogen) atoms. The van der Waals surface area contributed by atoms with Gasteiger partial charge in [-0.2, -0.15) is 0 Å². The molecule has 1 nitrogen and oxygen atoms in total. The topological polar surface area (TPSA) is 20.2 Å². The minimum atomic E-state index is 0.891. The first-order valence-electron chi connectivity index (χ1n) is 3.53. The van der Waals surface area contributed by atoms with Crippen molar-refractivity contribution in [1.82, 2.24) is 0 Å². The molecule has 0 unspecified atom stereocenters. The number of aliphatic hydroxyl groups excluding tert-OH is 1. The Morgan fingerprint density at radius 2 is 2.27 bits per heavy atom. The summed E-state index contributed by atoms with van der Waals surface area (Å²) in [7, 11) is 0. The zero-order valence-electron chi connectivity index (χ0n) is 6.34. The molecule has 0 aliphatic heterocycles. The average molecular weight is 214 g/mol. The molecule has 59 valence electrons. The largest absolute Gasteiger partial charge is 0.385 e. The highest BCUT2D eigenvalue weighted by Gasteiger charge is 1.99. The SMILES string of the molecule is CCc1ccc(Br)cc1[CH]O. The quantitative estimate of drug-likeness (QED) is 0.802. The molecule has 0 amide bonds. The van der Waals surface area contributed by atoms with E-state index in [2.05, 4.69) is 22.9 Å². The average Bonchev–Trinajstić information content (AvgIpc) is 2.04. The molecule has 1 rings (SSSR count). The van der Waals surface area contributed by atoms with Crippen LogP contribution in [0.1, 0.15) is 18.1 Å². The summed E-state index contributed by atoms with van der Waals surface area (Å²) >= 11 is 3.34. The number of benzene rings is 1. The van der Waals surface area contributed by atoms with Crippen LogP contribution in [-0.2, 0) is 6.42 Å². The Hall–Kier alpha value is -0.340. The third-order valence-corrected chi connectivity index (χ3v) is 2.12. The van der Waals surface area contributed by atoms with Gasteiger partial charge in [0.05, 0.1) is 0 Å². The van der Waals surface area contributed by atoms with Crippen LogP contribution in [-0.4, -0.2) is 5.11 Å². The van der Waals surface area contributed by atoms with E-state index >= 15 is 0 Å². The van der Waals surface area contributed by atoms with Crippen LogP contribution in [0.3, 0.4) is 0 Å². The van der Waals surface area contributed by atoms with E-state index < -0.39 is 0 Å². The highest BCUT2D eigenvalue weighted by atomic mass is 79.9. The molecule has 0 fully saturated rings. The van der Waals surface area contributed by atoms with E-state index in [1.54, 1.807) is 0 Å². The minimum absolute atomic E-state index is 0.891. The predicted molar refractivity (Wildman–Crippen MR) is 48.9 cm³/mol. The first kappa shape index (κ1) is 8.75. The summed E-state index contributed by atoms with van der Waals surface area (Å²) < 4.78 is 0.995. The van der Waals surface area contributed by atoms with Crippen molar-refractivity contribution in [2.24, 2.45) is 0 Å². The molecule has 1 N–H and O–H groups in total. The Kier molecular flexibility index (Phi) is 3.09. The summed E-state index contributed by atoms with van der Waals surface area (Å²) in [5.74, 6) is 0. The summed E-state index contributed by atoms with van der Waals surface area (Å²) in [5.41, 5.74) is 2.05. The van der Waals surface area contributed by atoms with Gasteiger partial charge in [-0.1, -0.05) is 28.9 Å². The van der Waals surface area contributed by atoms with Crippen LogP contribution < -0.4 is 0 Å². The van der Waals surface area contributed by atoms with Crippen molar-refractivity contribution in [3.63, 3.8) is 0 Å². The molecule has 1 aromatic carbocycles. The second-order valence-corrected chi connectivity index (χ2v) is 3.24. The van der Waals surface area contributed by atoms with Gasteiger partial charge in [-0.05, 0) is 29.7 Å². The van der Waals surface area contributed by atoms with Gasteiger partial charge in [0.1, 0.15) is 6.61 Å². The lowest BCUT2D eigenvalue weighted by Gasteiger charge is -2.03. The van der Waals surface area contributed by atoms with Gasteiger partial charge in [0.25, 0.3) is 0 Å². The molecule has 0 aliphatic carbocycles. The van der Waals surface area contributed by atoms with Gasteiger partial charge >= 0.3 is 0 Å². The van der Waals surface area contributed by atoms with Crippen molar-refractivity contribution in [2.75, 3.05) is 0 Å². The number of aryl methyl sites for hydroxylation is 1. The Balaban J connectivity index is 3.06. The summed E-state index contributed by atoms with van der Waals surface area (Å²) in [6.45, 7) is 3.21. The molecule has 0 saturated heterocycles. The zero-order chi connectivity index (χ0) is 8.27. The lowest BCUT2D eigenvalue weighted by atomic mass is 10.1. The van der Waals surface area contributed by atoms with Crippen molar-refractivity contribution >= 4 is 15.9 Å². The maximum absolute atomic E-state index is 8.83. The fourth-order valence-corrected chi connectivity index (χ4v) is 1.39. The molecule has 2 heteroatoms. The van der Waals surface area contributed by atoms with Crippen molar-refractivity contribution in [2.45, 2.75) is 13.3 Å². The highest BCUT2D eigenvalue weighted by molar-refractivity contribution is 9.10. The first-order chi connectivity index (χ1) is 5.27. The molecular weight excluding hydrogens is 204 g/mol. The smallest absolute Gasteiger partial charge is 0.109 e. The highest BCUT2D eigenvalue weighted by Crippen LogP contribution is 2.17. The van der Waals surface area contributed by atoms with E-state index in [9.17, 15) is 0 Å². The van der Waals surface area contributed by atoms with Crippen molar-refractivity contribution in [3.05, 3.63) is 40.4 Å². The van der Waals surface area contributed by atoms with Crippen LogP contribution in [0, 0.1) is 6.61 Å². The van der Waals surface area contributed by atoms with Crippen molar-refractivity contribution in [3.8, 4) is 0 Å². The molecule has 0 heterocycles. The minimum Gasteiger partial charge on any atom is -0.385 e. The van der Waals surface area contributed by atoms with Crippen molar-refractivity contribution < 1.29 is 5.11 Å². The van der Waals surface area contributed by atoms with E-state index in [0.717, 1.165) is 28.6 Å². The van der Waals surface area contributed by atoms with Gasteiger partial charge in [0.15, 0.2) is 0 Å². The lowest BCUT2D eigenvalue weighted by Crippen LogP contribution is -1.89. The van der Waals surface area contributed by atoms with Gasteiger partial charge in [-0.25, -0.2) is 0 Å². The van der Waals surface area contributed by atoms with Gasteiger partial charge in [-0.3, -0.25) is 0 Å². The molecule has 0 aliphatic rings. The predicted octanol–water partition coefficient (Wildman–Crippen LogP) is 2.89. The maximum atomic E-state index is 8.83. The van der Waals surface area contributed by atoms with E-state index in [1.165, 1.54) is 0 Å². The maximum Gasteiger partial charge on any atom is 0.109 e. The standard InChI is InChI=1S/C9H10BrO/c1-2-7-3-4-9(10)5-8(7)6-11/h3-6,11H,2H2,1H3. The number of hydrogen-bond donors (Lipinski definition) is 1. The summed E-state index contributed by atoms with van der Waals surface area (Å²) in [5, 5.41) is 8.83. The second kappa shape index (κ2) is 3.88. The van der Waals surface area contributed by atoms with Crippen LogP contribution in [0.25, 0.3) is 0 Å². The second-order valence-electron chi connectivity index (χ2n) is 2.33. The van der Waals surface area contributed by atoms with Gasteiger partial charge in [0.2, 0.25) is 0 Å². The fourth-order valence-electron chi connectivity index (χ4n) is 1.01. The Morgan fingerprint density at radius 1 is 1.55 bits per heavy atom. The molecule has 1 aromatic rings. The fraction of sp³-hybridized carbons (Fsp3) is 0.222. The Labute approximate surface area is 75.2 Å². The first-order valence-corrected chi connectivity index (χ1v) is 4.33. The molecular formula is C9H10BrO. The van der Waals surface area contributed by atoms with Crippen LogP contribution in [0.2, 0.25) is 0 Å². The van der Waals surface area contributed by atoms with Crippen molar-refractivity contribution in [1.29, 1.82) is 0 Å². The molecule has 0 spiro atoms. The molecule has 1 radical (unpaired) electrons. The number of aliphatic hydroxyl groups is 1. The summed E-state index contributed by atoms with van der Waals surface area (Å²) in [6, 6.07) is 5.89. The molecule has 0 bridgehead atoms. The van der Waals surface area contributed by atoms with Crippen LogP contribution >= 0.6 is 15.9 Å². The van der Waals surface area contributed by atoms with Crippen LogP contribution in [0.4, 0.5) is 0 Å². The van der Waals surface area contributed by atoms with Crippen LogP contribution in [0.5, 0.6) is 0 Å². The number of rotatable bonds is 2. The van der Waals surface area contributed by atoms with Gasteiger partial charge in [0, 0.05) is 4.47 Å². The third-order valence-electron chi connectivity index (χ3n) is 1.63. The number of halogens is 1. The Bertz CT molecular complexity index is 245.